The van der Waals surface area contributed by atoms with Crippen LogP contribution < -0.4 is 10.6 Å². The van der Waals surface area contributed by atoms with E-state index in [1.54, 1.807) is 0 Å². The van der Waals surface area contributed by atoms with Gasteiger partial charge in [-0.25, -0.2) is 4.68 Å². The Balaban J connectivity index is 1.52. The highest BCUT2D eigenvalue weighted by molar-refractivity contribution is 7.98. The maximum Gasteiger partial charge on any atom is 0.249 e. The molecule has 0 saturated heterocycles. The van der Waals surface area contributed by atoms with Gasteiger partial charge in [0, 0.05) is 11.4 Å². The average molecular weight is 393 g/mol. The van der Waals surface area contributed by atoms with E-state index < -0.39 is 6.04 Å². The Labute approximate surface area is 166 Å². The molecule has 0 spiro atoms. The zero-order valence-electron chi connectivity index (χ0n) is 15.3. The first-order valence-corrected chi connectivity index (χ1v) is 9.88. The Bertz CT molecular complexity index is 1020. The predicted octanol–water partition coefficient (Wildman–Crippen LogP) is 3.40. The van der Waals surface area contributed by atoms with Crippen LogP contribution >= 0.6 is 11.8 Å². The van der Waals surface area contributed by atoms with Crippen molar-refractivity contribution in [2.24, 2.45) is 0 Å². The van der Waals surface area contributed by atoms with Crippen LogP contribution in [-0.4, -0.2) is 26.6 Å². The molecule has 28 heavy (non-hydrogen) atoms. The Kier molecular flexibility index (Phi) is 5.12. The Hall–Kier alpha value is -3.13. The largest absolute Gasteiger partial charge is 0.324 e. The quantitative estimate of drug-likeness (QED) is 0.649. The van der Waals surface area contributed by atoms with E-state index >= 15 is 0 Å². The number of nitrogens with zero attached hydrogens (tertiary/aromatic N) is 3. The van der Waals surface area contributed by atoms with Crippen LogP contribution in [0.2, 0.25) is 0 Å². The number of rotatable bonds is 5. The number of carbonyl (C=O) groups is 2. The lowest BCUT2D eigenvalue weighted by Gasteiger charge is -2.22. The van der Waals surface area contributed by atoms with E-state index in [1.807, 2.05) is 61.5 Å². The van der Waals surface area contributed by atoms with Crippen molar-refractivity contribution < 1.29 is 9.59 Å². The third-order valence-electron chi connectivity index (χ3n) is 4.34. The molecule has 0 radical (unpaired) electrons. The summed E-state index contributed by atoms with van der Waals surface area (Å²) in [5.41, 5.74) is 2.88. The van der Waals surface area contributed by atoms with Gasteiger partial charge in [-0.3, -0.25) is 14.9 Å². The second-order valence-electron chi connectivity index (χ2n) is 6.56. The molecule has 1 aliphatic rings. The van der Waals surface area contributed by atoms with Crippen molar-refractivity contribution in [3.05, 3.63) is 65.7 Å². The summed E-state index contributed by atoms with van der Waals surface area (Å²) in [5.74, 6) is 0.476. The van der Waals surface area contributed by atoms with Crippen LogP contribution in [0.25, 0.3) is 0 Å². The lowest BCUT2D eigenvalue weighted by atomic mass is 10.1. The zero-order valence-corrected chi connectivity index (χ0v) is 16.1. The molecule has 2 N–H and O–H groups in total. The van der Waals surface area contributed by atoms with E-state index in [-0.39, 0.29) is 18.2 Å². The number of fused-ring (bicyclic) bond motifs is 1. The van der Waals surface area contributed by atoms with Gasteiger partial charge in [0.25, 0.3) is 0 Å². The third-order valence-corrected chi connectivity index (χ3v) is 5.24. The number of nitrogens with one attached hydrogen (secondary N) is 2. The molecule has 1 aliphatic heterocycles. The summed E-state index contributed by atoms with van der Waals surface area (Å²) in [6.07, 6.45) is 0.0246. The molecule has 0 aliphatic carbocycles. The molecule has 3 aromatic rings. The highest BCUT2D eigenvalue weighted by atomic mass is 32.2. The topological polar surface area (TPSA) is 88.9 Å². The van der Waals surface area contributed by atoms with Crippen LogP contribution in [0.5, 0.6) is 0 Å². The normalized spacial score (nSPS) is 15.6. The lowest BCUT2D eigenvalue weighted by Crippen LogP contribution is -2.36. The summed E-state index contributed by atoms with van der Waals surface area (Å²) < 4.78 is 1.50. The maximum absolute atomic E-state index is 12.8. The van der Waals surface area contributed by atoms with Crippen LogP contribution in [0.3, 0.4) is 0 Å². The van der Waals surface area contributed by atoms with Crippen molar-refractivity contribution in [1.82, 2.24) is 14.8 Å². The fourth-order valence-electron chi connectivity index (χ4n) is 2.98. The molecular weight excluding hydrogens is 374 g/mol. The Morgan fingerprint density at radius 3 is 2.86 bits per heavy atom. The molecule has 4 rings (SSSR count). The second-order valence-corrected chi connectivity index (χ2v) is 7.51. The van der Waals surface area contributed by atoms with E-state index in [9.17, 15) is 9.59 Å². The van der Waals surface area contributed by atoms with E-state index in [2.05, 4.69) is 20.7 Å². The zero-order chi connectivity index (χ0) is 19.5. The van der Waals surface area contributed by atoms with Gasteiger partial charge in [0.15, 0.2) is 0 Å². The molecule has 1 atom stereocenters. The summed E-state index contributed by atoms with van der Waals surface area (Å²) in [6, 6.07) is 16.8. The molecule has 2 amide bonds. The number of benzene rings is 2. The number of amides is 2. The number of anilines is 2. The first kappa shape index (κ1) is 18.2. The van der Waals surface area contributed by atoms with E-state index in [4.69, 9.17) is 0 Å². The van der Waals surface area contributed by atoms with Gasteiger partial charge in [-0.1, -0.05) is 54.2 Å². The van der Waals surface area contributed by atoms with E-state index in [0.29, 0.717) is 22.5 Å². The monoisotopic (exact) mass is 393 g/mol. The Morgan fingerprint density at radius 1 is 1.25 bits per heavy atom. The molecule has 0 unspecified atom stereocenters. The molecular formula is C20H19N5O2S. The fraction of sp³-hybridized carbons (Fsp3) is 0.200. The summed E-state index contributed by atoms with van der Waals surface area (Å²) >= 11 is 1.46. The van der Waals surface area contributed by atoms with E-state index in [0.717, 1.165) is 11.1 Å². The molecule has 1 aromatic heterocycles. The number of aromatic nitrogens is 3. The number of carbonyl (C=O) groups excluding carboxylic acids is 2. The standard InChI is InChI=1S/C20H19N5O2S/c1-13-6-5-9-15(10-13)21-18(27)16-11-17(26)22-19-23-20(24-25(16)19)28-12-14-7-3-2-4-8-14/h2-10,16H,11-12H2,1H3,(H,21,27)(H,22,23,24,26)/t16-/m1/s1. The highest BCUT2D eigenvalue weighted by Gasteiger charge is 2.33. The van der Waals surface area contributed by atoms with Gasteiger partial charge in [-0.05, 0) is 30.2 Å². The van der Waals surface area contributed by atoms with Crippen LogP contribution in [0.4, 0.5) is 11.6 Å². The minimum Gasteiger partial charge on any atom is -0.324 e. The molecule has 0 fully saturated rings. The predicted molar refractivity (Wildman–Crippen MR) is 108 cm³/mol. The third kappa shape index (κ3) is 4.07. The van der Waals surface area contributed by atoms with Crippen molar-refractivity contribution in [1.29, 1.82) is 0 Å². The maximum atomic E-state index is 12.8. The molecule has 8 heteroatoms. The number of aryl methyl sites for hydroxylation is 1. The number of hydrogen-bond acceptors (Lipinski definition) is 5. The summed E-state index contributed by atoms with van der Waals surface area (Å²) in [5, 5.41) is 10.5. The second kappa shape index (κ2) is 7.85. The minimum absolute atomic E-state index is 0.0246. The Morgan fingerprint density at radius 2 is 2.07 bits per heavy atom. The SMILES string of the molecule is Cc1cccc(NC(=O)[C@H]2CC(=O)Nc3nc(SCc4ccccc4)nn32)c1. The van der Waals surface area contributed by atoms with Crippen molar-refractivity contribution in [3.8, 4) is 0 Å². The molecule has 142 valence electrons. The summed E-state index contributed by atoms with van der Waals surface area (Å²) in [4.78, 5) is 29.2. The van der Waals surface area contributed by atoms with Crippen molar-refractivity contribution in [3.63, 3.8) is 0 Å². The minimum atomic E-state index is -0.733. The van der Waals surface area contributed by atoms with Crippen LogP contribution in [-0.2, 0) is 15.3 Å². The first-order chi connectivity index (χ1) is 13.6. The fourth-order valence-corrected chi connectivity index (χ4v) is 3.76. The number of thioether (sulfide) groups is 1. The van der Waals surface area contributed by atoms with Crippen LogP contribution in [0.15, 0.2) is 59.8 Å². The molecule has 2 heterocycles. The summed E-state index contributed by atoms with van der Waals surface area (Å²) in [7, 11) is 0. The van der Waals surface area contributed by atoms with Gasteiger partial charge in [0.1, 0.15) is 6.04 Å². The molecule has 7 nitrogen and oxygen atoms in total. The molecule has 0 bridgehead atoms. The lowest BCUT2D eigenvalue weighted by molar-refractivity contribution is -0.125. The van der Waals surface area contributed by atoms with Gasteiger partial charge >= 0.3 is 0 Å². The number of hydrogen-bond donors (Lipinski definition) is 2. The molecule has 2 aromatic carbocycles. The smallest absolute Gasteiger partial charge is 0.249 e. The van der Waals surface area contributed by atoms with Gasteiger partial charge in [-0.15, -0.1) is 5.10 Å². The van der Waals surface area contributed by atoms with Crippen molar-refractivity contribution in [2.45, 2.75) is 30.3 Å². The van der Waals surface area contributed by atoms with Gasteiger partial charge in [0.05, 0.1) is 6.42 Å². The van der Waals surface area contributed by atoms with Gasteiger partial charge in [0.2, 0.25) is 22.9 Å². The highest BCUT2D eigenvalue weighted by Crippen LogP contribution is 2.28. The van der Waals surface area contributed by atoms with E-state index in [1.165, 1.54) is 16.4 Å². The first-order valence-electron chi connectivity index (χ1n) is 8.89. The van der Waals surface area contributed by atoms with Crippen molar-refractivity contribution >= 4 is 35.2 Å². The van der Waals surface area contributed by atoms with Crippen LogP contribution in [0.1, 0.15) is 23.6 Å². The van der Waals surface area contributed by atoms with Crippen LogP contribution in [0, 0.1) is 6.92 Å². The molecule has 0 saturated carbocycles. The van der Waals surface area contributed by atoms with Gasteiger partial charge in [-0.2, -0.15) is 4.98 Å². The summed E-state index contributed by atoms with van der Waals surface area (Å²) in [6.45, 7) is 1.95. The average Bonchev–Trinajstić information content (AvgIpc) is 3.09. The van der Waals surface area contributed by atoms with Gasteiger partial charge < -0.3 is 5.32 Å². The van der Waals surface area contributed by atoms with Crippen molar-refractivity contribution in [2.75, 3.05) is 10.6 Å².